The van der Waals surface area contributed by atoms with Crippen LogP contribution in [-0.2, 0) is 13.2 Å². The smallest absolute Gasteiger partial charge is 0.180 e. The quantitative estimate of drug-likeness (QED) is 0.592. The van der Waals surface area contributed by atoms with E-state index in [1.807, 2.05) is 56.4 Å². The molecule has 0 saturated carbocycles. The maximum Gasteiger partial charge on any atom is 0.180 e. The number of hydrogen-bond acceptors (Lipinski definition) is 4. The van der Waals surface area contributed by atoms with E-state index in [1.165, 1.54) is 0 Å². The lowest BCUT2D eigenvalue weighted by Crippen LogP contribution is -2.19. The zero-order valence-corrected chi connectivity index (χ0v) is 15.7. The van der Waals surface area contributed by atoms with Crippen LogP contribution < -0.4 is 20.1 Å². The Kier molecular flexibility index (Phi) is 8.60. The van der Waals surface area contributed by atoms with Crippen LogP contribution in [0.1, 0.15) is 24.5 Å². The molecule has 0 bridgehead atoms. The highest BCUT2D eigenvalue weighted by Gasteiger charge is 2.13. The van der Waals surface area contributed by atoms with Gasteiger partial charge < -0.3 is 20.1 Å². The molecular weight excluding hydrogens is 336 g/mol. The summed E-state index contributed by atoms with van der Waals surface area (Å²) in [5, 5.41) is 7.13. The first-order chi connectivity index (χ1) is 12.2. The first-order valence-electron chi connectivity index (χ1n) is 8.71. The Bertz CT molecular complexity index is 635. The van der Waals surface area contributed by atoms with Gasteiger partial charge in [-0.05, 0) is 56.7 Å². The molecular formula is C20H27ClN2O2. The summed E-state index contributed by atoms with van der Waals surface area (Å²) in [5.74, 6) is 1.30. The van der Waals surface area contributed by atoms with Crippen LogP contribution >= 0.6 is 11.6 Å². The Morgan fingerprint density at radius 2 is 1.80 bits per heavy atom. The van der Waals surface area contributed by atoms with Crippen LogP contribution in [0.2, 0.25) is 5.02 Å². The third-order valence-electron chi connectivity index (χ3n) is 3.70. The summed E-state index contributed by atoms with van der Waals surface area (Å²) in [6.07, 6.45) is 1.08. The molecule has 0 amide bonds. The van der Waals surface area contributed by atoms with E-state index in [9.17, 15) is 0 Å². The minimum Gasteiger partial charge on any atom is -0.490 e. The molecule has 25 heavy (non-hydrogen) atoms. The van der Waals surface area contributed by atoms with Crippen molar-refractivity contribution < 1.29 is 9.47 Å². The van der Waals surface area contributed by atoms with Crippen molar-refractivity contribution in [3.05, 3.63) is 58.6 Å². The Hall–Kier alpha value is -1.75. The SMILES string of the molecule is CCOc1cc(CNCCCNC)cc(Cl)c1OCc1ccccc1. The van der Waals surface area contributed by atoms with Crippen molar-refractivity contribution in [2.45, 2.75) is 26.5 Å². The summed E-state index contributed by atoms with van der Waals surface area (Å²) in [5.41, 5.74) is 2.18. The van der Waals surface area contributed by atoms with Gasteiger partial charge in [0.2, 0.25) is 0 Å². The minimum atomic E-state index is 0.461. The average Bonchev–Trinajstić information content (AvgIpc) is 2.62. The van der Waals surface area contributed by atoms with Gasteiger partial charge in [-0.25, -0.2) is 0 Å². The first-order valence-corrected chi connectivity index (χ1v) is 9.09. The van der Waals surface area contributed by atoms with Gasteiger partial charge in [-0.1, -0.05) is 41.9 Å². The summed E-state index contributed by atoms with van der Waals surface area (Å²) in [6.45, 7) is 5.69. The van der Waals surface area contributed by atoms with Crippen molar-refractivity contribution in [2.24, 2.45) is 0 Å². The Morgan fingerprint density at radius 1 is 1.00 bits per heavy atom. The fourth-order valence-electron chi connectivity index (χ4n) is 2.48. The van der Waals surface area contributed by atoms with E-state index in [4.69, 9.17) is 21.1 Å². The molecule has 2 rings (SSSR count). The van der Waals surface area contributed by atoms with Crippen LogP contribution in [-0.4, -0.2) is 26.7 Å². The molecule has 0 aliphatic rings. The molecule has 2 aromatic rings. The largest absolute Gasteiger partial charge is 0.490 e. The van der Waals surface area contributed by atoms with Crippen LogP contribution in [0.5, 0.6) is 11.5 Å². The van der Waals surface area contributed by atoms with Gasteiger partial charge in [-0.15, -0.1) is 0 Å². The topological polar surface area (TPSA) is 42.5 Å². The molecule has 136 valence electrons. The lowest BCUT2D eigenvalue weighted by molar-refractivity contribution is 0.269. The monoisotopic (exact) mass is 362 g/mol. The second kappa shape index (κ2) is 11.0. The van der Waals surface area contributed by atoms with Gasteiger partial charge in [0, 0.05) is 6.54 Å². The van der Waals surface area contributed by atoms with Crippen LogP contribution in [0.25, 0.3) is 0 Å². The van der Waals surface area contributed by atoms with Gasteiger partial charge in [0.1, 0.15) is 6.61 Å². The van der Waals surface area contributed by atoms with E-state index in [2.05, 4.69) is 10.6 Å². The molecule has 2 N–H and O–H groups in total. The van der Waals surface area contributed by atoms with E-state index >= 15 is 0 Å². The Labute approximate surface area is 155 Å². The van der Waals surface area contributed by atoms with Crippen LogP contribution in [0.15, 0.2) is 42.5 Å². The third kappa shape index (κ3) is 6.58. The fraction of sp³-hybridized carbons (Fsp3) is 0.400. The van der Waals surface area contributed by atoms with Crippen molar-refractivity contribution >= 4 is 11.6 Å². The molecule has 0 aliphatic heterocycles. The maximum atomic E-state index is 6.46. The molecule has 0 aliphatic carbocycles. The van der Waals surface area contributed by atoms with Crippen molar-refractivity contribution in [3.63, 3.8) is 0 Å². The second-order valence-corrected chi connectivity index (χ2v) is 6.15. The molecule has 0 spiro atoms. The molecule has 0 unspecified atom stereocenters. The normalized spacial score (nSPS) is 10.7. The van der Waals surface area contributed by atoms with E-state index in [0.29, 0.717) is 29.7 Å². The van der Waals surface area contributed by atoms with Gasteiger partial charge >= 0.3 is 0 Å². The van der Waals surface area contributed by atoms with Gasteiger partial charge in [-0.2, -0.15) is 0 Å². The number of halogens is 1. The summed E-state index contributed by atoms with van der Waals surface area (Å²) >= 11 is 6.46. The number of rotatable bonds is 11. The van der Waals surface area contributed by atoms with Crippen molar-refractivity contribution in [1.29, 1.82) is 0 Å². The highest BCUT2D eigenvalue weighted by Crippen LogP contribution is 2.37. The van der Waals surface area contributed by atoms with E-state index in [1.54, 1.807) is 0 Å². The van der Waals surface area contributed by atoms with E-state index in [-0.39, 0.29) is 0 Å². The van der Waals surface area contributed by atoms with Gasteiger partial charge in [0.15, 0.2) is 11.5 Å². The van der Waals surface area contributed by atoms with Crippen molar-refractivity contribution in [2.75, 3.05) is 26.7 Å². The molecule has 0 saturated heterocycles. The van der Waals surface area contributed by atoms with E-state index in [0.717, 1.165) is 37.2 Å². The minimum absolute atomic E-state index is 0.461. The second-order valence-electron chi connectivity index (χ2n) is 5.75. The van der Waals surface area contributed by atoms with E-state index < -0.39 is 0 Å². The van der Waals surface area contributed by atoms with Crippen LogP contribution in [0.3, 0.4) is 0 Å². The molecule has 5 heteroatoms. The lowest BCUT2D eigenvalue weighted by atomic mass is 10.2. The highest BCUT2D eigenvalue weighted by atomic mass is 35.5. The summed E-state index contributed by atoms with van der Waals surface area (Å²) in [7, 11) is 1.96. The van der Waals surface area contributed by atoms with Gasteiger partial charge in [0.05, 0.1) is 11.6 Å². The molecule has 0 atom stereocenters. The number of hydrogen-bond donors (Lipinski definition) is 2. The summed E-state index contributed by atoms with van der Waals surface area (Å²) in [6, 6.07) is 14.0. The summed E-state index contributed by atoms with van der Waals surface area (Å²) < 4.78 is 11.7. The number of benzene rings is 2. The standard InChI is InChI=1S/C20H27ClN2O2/c1-3-24-19-13-17(14-23-11-7-10-22-2)12-18(21)20(19)25-15-16-8-5-4-6-9-16/h4-6,8-9,12-13,22-23H,3,7,10-11,14-15H2,1-2H3. The zero-order chi connectivity index (χ0) is 17.9. The molecule has 2 aromatic carbocycles. The molecule has 0 aromatic heterocycles. The molecule has 4 nitrogen and oxygen atoms in total. The zero-order valence-electron chi connectivity index (χ0n) is 15.0. The lowest BCUT2D eigenvalue weighted by Gasteiger charge is -2.16. The first kappa shape index (κ1) is 19.6. The third-order valence-corrected chi connectivity index (χ3v) is 3.99. The van der Waals surface area contributed by atoms with Crippen molar-refractivity contribution in [1.82, 2.24) is 10.6 Å². The predicted molar refractivity (Wildman–Crippen MR) is 104 cm³/mol. The summed E-state index contributed by atoms with van der Waals surface area (Å²) in [4.78, 5) is 0. The molecule has 0 fully saturated rings. The number of nitrogens with one attached hydrogen (secondary N) is 2. The Morgan fingerprint density at radius 3 is 2.52 bits per heavy atom. The van der Waals surface area contributed by atoms with Crippen LogP contribution in [0.4, 0.5) is 0 Å². The van der Waals surface area contributed by atoms with Gasteiger partial charge in [0.25, 0.3) is 0 Å². The fourth-order valence-corrected chi connectivity index (χ4v) is 2.77. The Balaban J connectivity index is 2.03. The maximum absolute atomic E-state index is 6.46. The van der Waals surface area contributed by atoms with Gasteiger partial charge in [-0.3, -0.25) is 0 Å². The average molecular weight is 363 g/mol. The predicted octanol–water partition coefficient (Wildman–Crippen LogP) is 4.02. The van der Waals surface area contributed by atoms with Crippen molar-refractivity contribution in [3.8, 4) is 11.5 Å². The molecule has 0 radical (unpaired) electrons. The highest BCUT2D eigenvalue weighted by molar-refractivity contribution is 6.32. The molecule has 0 heterocycles. The number of ether oxygens (including phenoxy) is 2. The van der Waals surface area contributed by atoms with Crippen LogP contribution in [0, 0.1) is 0 Å².